The fourth-order valence-corrected chi connectivity index (χ4v) is 5.20. The van der Waals surface area contributed by atoms with Crippen molar-refractivity contribution in [1.29, 1.82) is 0 Å². The summed E-state index contributed by atoms with van der Waals surface area (Å²) in [4.78, 5) is 29.0. The molecule has 2 aromatic rings. The fourth-order valence-electron chi connectivity index (χ4n) is 4.10. The van der Waals surface area contributed by atoms with Crippen molar-refractivity contribution in [3.05, 3.63) is 63.7 Å². The Hall–Kier alpha value is -2.26. The number of sulfonamides is 1. The van der Waals surface area contributed by atoms with Crippen LogP contribution >= 0.6 is 11.6 Å². The molecule has 2 amide bonds. The van der Waals surface area contributed by atoms with Gasteiger partial charge in [0.2, 0.25) is 10.0 Å². The molecule has 0 radical (unpaired) electrons. The van der Waals surface area contributed by atoms with Gasteiger partial charge in [-0.25, -0.2) is 13.6 Å². The smallest absolute Gasteiger partial charge is 0.261 e. The van der Waals surface area contributed by atoms with Crippen molar-refractivity contribution in [2.75, 3.05) is 13.1 Å². The first-order valence-electron chi connectivity index (χ1n) is 9.67. The molecule has 7 nitrogen and oxygen atoms in total. The molecule has 0 atom stereocenters. The molecule has 0 unspecified atom stereocenters. The number of hydrogen-bond acceptors (Lipinski definition) is 5. The van der Waals surface area contributed by atoms with Gasteiger partial charge in [0.25, 0.3) is 11.8 Å². The van der Waals surface area contributed by atoms with Crippen LogP contribution in [0.25, 0.3) is 0 Å². The van der Waals surface area contributed by atoms with Crippen molar-refractivity contribution in [2.45, 2.75) is 37.2 Å². The topological polar surface area (TPSA) is 101 Å². The van der Waals surface area contributed by atoms with Crippen molar-refractivity contribution in [3.63, 3.8) is 0 Å². The van der Waals surface area contributed by atoms with E-state index in [-0.39, 0.29) is 27.1 Å². The van der Waals surface area contributed by atoms with Crippen LogP contribution in [0.1, 0.15) is 44.7 Å². The third-order valence-electron chi connectivity index (χ3n) is 5.73. The number of carbonyl (C=O) groups excluding carboxylic acids is 2. The minimum Gasteiger partial charge on any atom is -0.299 e. The van der Waals surface area contributed by atoms with E-state index in [2.05, 4.69) is 36.1 Å². The second-order valence-corrected chi connectivity index (χ2v) is 9.78. The number of piperidine rings is 1. The van der Waals surface area contributed by atoms with Crippen LogP contribution in [0.3, 0.4) is 0 Å². The summed E-state index contributed by atoms with van der Waals surface area (Å²) in [5.41, 5.74) is 2.61. The lowest BCUT2D eigenvalue weighted by molar-refractivity contribution is 0.0498. The van der Waals surface area contributed by atoms with Crippen LogP contribution in [0.5, 0.6) is 0 Å². The molecule has 1 saturated heterocycles. The number of likely N-dealkylation sites (tertiary alicyclic amines) is 1. The fraction of sp³-hybridized carbons (Fsp3) is 0.333. The minimum absolute atomic E-state index is 0.0375. The van der Waals surface area contributed by atoms with Crippen LogP contribution in [-0.4, -0.2) is 49.2 Å². The lowest BCUT2D eigenvalue weighted by Gasteiger charge is -2.35. The number of amides is 2. The molecule has 2 aliphatic heterocycles. The van der Waals surface area contributed by atoms with Gasteiger partial charge in [0.15, 0.2) is 0 Å². The Morgan fingerprint density at radius 3 is 2.17 bits per heavy atom. The van der Waals surface area contributed by atoms with Gasteiger partial charge in [-0.2, -0.15) is 0 Å². The number of nitrogens with zero attached hydrogens (tertiary/aromatic N) is 2. The van der Waals surface area contributed by atoms with Crippen molar-refractivity contribution in [3.8, 4) is 0 Å². The molecule has 30 heavy (non-hydrogen) atoms. The average Bonchev–Trinajstić information content (AvgIpc) is 2.93. The maximum atomic E-state index is 12.9. The first-order valence-corrected chi connectivity index (χ1v) is 11.6. The molecule has 0 saturated carbocycles. The van der Waals surface area contributed by atoms with Gasteiger partial charge in [0.05, 0.1) is 16.1 Å². The van der Waals surface area contributed by atoms with Crippen molar-refractivity contribution in [2.24, 2.45) is 5.14 Å². The molecule has 0 aliphatic carbocycles. The number of primary sulfonamides is 1. The number of rotatable bonds is 4. The maximum Gasteiger partial charge on any atom is 0.261 e. The zero-order valence-electron chi connectivity index (χ0n) is 16.5. The van der Waals surface area contributed by atoms with Crippen LogP contribution in [0.2, 0.25) is 5.02 Å². The Labute approximate surface area is 180 Å². The van der Waals surface area contributed by atoms with E-state index in [0.29, 0.717) is 12.8 Å². The normalized spacial score (nSPS) is 18.2. The first kappa shape index (κ1) is 21.0. The summed E-state index contributed by atoms with van der Waals surface area (Å²) in [5, 5.41) is 5.01. The van der Waals surface area contributed by atoms with E-state index < -0.39 is 21.8 Å². The largest absolute Gasteiger partial charge is 0.299 e. The minimum atomic E-state index is -4.10. The van der Waals surface area contributed by atoms with E-state index >= 15 is 0 Å². The molecule has 2 N–H and O–H groups in total. The SMILES string of the molecule is Cc1ccc(CN2CCC(N3C(=O)c4cc(Cl)c(S(N)(=O)=O)cc4C3=O)CC2)cc1. The van der Waals surface area contributed by atoms with Crippen LogP contribution < -0.4 is 5.14 Å². The zero-order chi connectivity index (χ0) is 21.6. The highest BCUT2D eigenvalue weighted by Crippen LogP contribution is 2.33. The van der Waals surface area contributed by atoms with Crippen LogP contribution in [0.4, 0.5) is 0 Å². The molecule has 2 heterocycles. The number of imide groups is 1. The first-order chi connectivity index (χ1) is 14.1. The summed E-state index contributed by atoms with van der Waals surface area (Å²) >= 11 is 6.00. The van der Waals surface area contributed by atoms with Crippen molar-refractivity contribution < 1.29 is 18.0 Å². The van der Waals surface area contributed by atoms with Crippen LogP contribution in [-0.2, 0) is 16.6 Å². The molecule has 1 fully saturated rings. The number of aryl methyl sites for hydroxylation is 1. The highest BCUT2D eigenvalue weighted by Gasteiger charge is 2.42. The number of nitrogens with two attached hydrogens (primary N) is 1. The third kappa shape index (κ3) is 3.88. The van der Waals surface area contributed by atoms with Crippen molar-refractivity contribution >= 4 is 33.4 Å². The second-order valence-electron chi connectivity index (χ2n) is 7.85. The molecule has 9 heteroatoms. The van der Waals surface area contributed by atoms with Gasteiger partial charge in [0.1, 0.15) is 4.90 Å². The molecule has 0 bridgehead atoms. The van der Waals surface area contributed by atoms with Gasteiger partial charge in [-0.05, 0) is 37.5 Å². The Balaban J connectivity index is 1.48. The molecular formula is C21H22ClN3O4S. The molecule has 4 rings (SSSR count). The lowest BCUT2D eigenvalue weighted by atomic mass is 10.0. The van der Waals surface area contributed by atoms with Gasteiger partial charge in [-0.1, -0.05) is 41.4 Å². The predicted molar refractivity (Wildman–Crippen MR) is 113 cm³/mol. The number of halogens is 1. The number of fused-ring (bicyclic) bond motifs is 1. The standard InChI is InChI=1S/C21H22ClN3O4S/c1-13-2-4-14(5-3-13)12-24-8-6-15(7-9-24)25-20(26)16-10-18(22)19(30(23,28)29)11-17(16)21(25)27/h2-5,10-11,15H,6-9,12H2,1H3,(H2,23,28,29). The number of benzene rings is 2. The van der Waals surface area contributed by atoms with Gasteiger partial charge in [-0.3, -0.25) is 19.4 Å². The van der Waals surface area contributed by atoms with E-state index in [1.807, 2.05) is 0 Å². The second kappa shape index (κ2) is 7.77. The van der Waals surface area contributed by atoms with Gasteiger partial charge < -0.3 is 0 Å². The molecular weight excluding hydrogens is 426 g/mol. The molecule has 2 aliphatic rings. The summed E-state index contributed by atoms with van der Waals surface area (Å²) < 4.78 is 23.4. The van der Waals surface area contributed by atoms with Gasteiger partial charge in [0, 0.05) is 25.7 Å². The van der Waals surface area contributed by atoms with E-state index in [1.54, 1.807) is 0 Å². The molecule has 0 aromatic heterocycles. The third-order valence-corrected chi connectivity index (χ3v) is 7.10. The predicted octanol–water partition coefficient (Wildman–Crippen LogP) is 2.56. The molecule has 158 valence electrons. The van der Waals surface area contributed by atoms with Crippen LogP contribution in [0.15, 0.2) is 41.3 Å². The van der Waals surface area contributed by atoms with E-state index in [4.69, 9.17) is 16.7 Å². The average molecular weight is 448 g/mol. The highest BCUT2D eigenvalue weighted by molar-refractivity contribution is 7.89. The quantitative estimate of drug-likeness (QED) is 0.726. The monoisotopic (exact) mass is 447 g/mol. The summed E-state index contributed by atoms with van der Waals surface area (Å²) in [5.74, 6) is -0.927. The number of carbonyl (C=O) groups is 2. The lowest BCUT2D eigenvalue weighted by Crippen LogP contribution is -2.47. The summed E-state index contributed by atoms with van der Waals surface area (Å²) in [6, 6.07) is 10.5. The summed E-state index contributed by atoms with van der Waals surface area (Å²) in [6.07, 6.45) is 1.32. The highest BCUT2D eigenvalue weighted by atomic mass is 35.5. The van der Waals surface area contributed by atoms with Gasteiger partial charge >= 0.3 is 0 Å². The van der Waals surface area contributed by atoms with E-state index in [0.717, 1.165) is 25.7 Å². The summed E-state index contributed by atoms with van der Waals surface area (Å²) in [6.45, 7) is 4.39. The van der Waals surface area contributed by atoms with Crippen LogP contribution in [0, 0.1) is 6.92 Å². The Morgan fingerprint density at radius 1 is 1.03 bits per heavy atom. The van der Waals surface area contributed by atoms with Crippen molar-refractivity contribution in [1.82, 2.24) is 9.80 Å². The Morgan fingerprint density at radius 2 is 1.60 bits per heavy atom. The summed E-state index contributed by atoms with van der Waals surface area (Å²) in [7, 11) is -4.10. The van der Waals surface area contributed by atoms with E-state index in [1.165, 1.54) is 22.1 Å². The van der Waals surface area contributed by atoms with Gasteiger partial charge in [-0.15, -0.1) is 0 Å². The molecule has 0 spiro atoms. The number of hydrogen-bond donors (Lipinski definition) is 1. The zero-order valence-corrected chi connectivity index (χ0v) is 18.0. The van der Waals surface area contributed by atoms with E-state index in [9.17, 15) is 18.0 Å². The maximum absolute atomic E-state index is 12.9. The Kier molecular flexibility index (Phi) is 5.44. The Bertz CT molecular complexity index is 1120. The molecule has 2 aromatic carbocycles.